The number of rotatable bonds is 6. The zero-order valence-electron chi connectivity index (χ0n) is 12.7. The summed E-state index contributed by atoms with van der Waals surface area (Å²) in [5, 5.41) is 3.82. The molecule has 0 spiro atoms. The molecule has 0 aliphatic heterocycles. The zero-order valence-corrected chi connectivity index (χ0v) is 13.6. The van der Waals surface area contributed by atoms with E-state index in [1.165, 1.54) is 43.4 Å². The van der Waals surface area contributed by atoms with Crippen LogP contribution in [0.25, 0.3) is 0 Å². The van der Waals surface area contributed by atoms with Gasteiger partial charge in [-0.2, -0.15) is 0 Å². The summed E-state index contributed by atoms with van der Waals surface area (Å²) in [6, 6.07) is 5.30. The molecule has 1 aromatic heterocycles. The Bertz CT molecular complexity index is 363. The van der Waals surface area contributed by atoms with Crippen molar-refractivity contribution in [1.82, 2.24) is 5.32 Å². The van der Waals surface area contributed by atoms with Gasteiger partial charge in [-0.15, -0.1) is 11.3 Å². The Morgan fingerprint density at radius 1 is 1.21 bits per heavy atom. The molecule has 1 fully saturated rings. The smallest absolute Gasteiger partial charge is 0.0443 e. The lowest BCUT2D eigenvalue weighted by molar-refractivity contribution is 0.233. The van der Waals surface area contributed by atoms with Gasteiger partial charge in [-0.05, 0) is 56.2 Å². The molecule has 1 aliphatic carbocycles. The summed E-state index contributed by atoms with van der Waals surface area (Å²) in [6.07, 6.45) is 8.05. The Morgan fingerprint density at radius 3 is 2.53 bits per heavy atom. The molecule has 2 heteroatoms. The highest BCUT2D eigenvalue weighted by atomic mass is 32.1. The summed E-state index contributed by atoms with van der Waals surface area (Å²) in [4.78, 5) is 3.10. The van der Waals surface area contributed by atoms with Crippen molar-refractivity contribution in [2.75, 3.05) is 6.54 Å². The van der Waals surface area contributed by atoms with Gasteiger partial charge in [-0.25, -0.2) is 0 Å². The average Bonchev–Trinajstić information content (AvgIpc) is 2.90. The van der Waals surface area contributed by atoms with Gasteiger partial charge in [0.15, 0.2) is 0 Å². The zero-order chi connectivity index (χ0) is 13.7. The molecular weight excluding hydrogens is 250 g/mol. The Morgan fingerprint density at radius 2 is 1.95 bits per heavy atom. The minimum atomic E-state index is 0.609. The van der Waals surface area contributed by atoms with Gasteiger partial charge in [0.05, 0.1) is 0 Å². The van der Waals surface area contributed by atoms with Gasteiger partial charge in [0, 0.05) is 15.8 Å². The molecule has 108 valence electrons. The first-order valence-electron chi connectivity index (χ1n) is 8.06. The van der Waals surface area contributed by atoms with Crippen LogP contribution in [0.5, 0.6) is 0 Å². The van der Waals surface area contributed by atoms with E-state index in [9.17, 15) is 0 Å². The van der Waals surface area contributed by atoms with E-state index >= 15 is 0 Å². The molecule has 19 heavy (non-hydrogen) atoms. The van der Waals surface area contributed by atoms with E-state index in [2.05, 4.69) is 38.2 Å². The second-order valence-electron chi connectivity index (χ2n) is 6.11. The third-order valence-corrected chi connectivity index (χ3v) is 5.80. The monoisotopic (exact) mass is 279 g/mol. The van der Waals surface area contributed by atoms with Crippen molar-refractivity contribution in [3.63, 3.8) is 0 Å². The summed E-state index contributed by atoms with van der Waals surface area (Å²) in [7, 11) is 0. The van der Waals surface area contributed by atoms with Crippen LogP contribution in [0.15, 0.2) is 12.1 Å². The number of thiophene rings is 1. The molecule has 0 amide bonds. The number of hydrogen-bond acceptors (Lipinski definition) is 2. The van der Waals surface area contributed by atoms with Crippen LogP contribution in [0.4, 0.5) is 0 Å². The lowest BCUT2D eigenvalue weighted by Gasteiger charge is -2.33. The molecule has 1 aromatic rings. The fourth-order valence-electron chi connectivity index (χ4n) is 3.17. The molecule has 0 bridgehead atoms. The summed E-state index contributed by atoms with van der Waals surface area (Å²) in [5.74, 6) is 1.80. The summed E-state index contributed by atoms with van der Waals surface area (Å²) < 4.78 is 0. The quantitative estimate of drug-likeness (QED) is 0.756. The Kier molecular flexibility index (Phi) is 5.90. The highest BCUT2D eigenvalue weighted by Gasteiger charge is 2.27. The maximum absolute atomic E-state index is 3.82. The van der Waals surface area contributed by atoms with Crippen molar-refractivity contribution in [3.05, 3.63) is 21.9 Å². The molecule has 1 nitrogen and oxygen atoms in total. The van der Waals surface area contributed by atoms with Crippen LogP contribution in [-0.2, 0) is 6.42 Å². The van der Waals surface area contributed by atoms with E-state index in [1.807, 2.05) is 11.3 Å². The van der Waals surface area contributed by atoms with Gasteiger partial charge in [-0.1, -0.05) is 33.6 Å². The second-order valence-corrected chi connectivity index (χ2v) is 7.31. The highest BCUT2D eigenvalue weighted by molar-refractivity contribution is 7.12. The molecule has 2 rings (SSSR count). The Labute approximate surface area is 122 Å². The third kappa shape index (κ3) is 4.06. The molecular formula is C17H29NS. The largest absolute Gasteiger partial charge is 0.309 e. The van der Waals surface area contributed by atoms with Crippen LogP contribution in [0, 0.1) is 11.8 Å². The fraction of sp³-hybridized carbons (Fsp3) is 0.765. The van der Waals surface area contributed by atoms with E-state index in [1.54, 1.807) is 4.88 Å². The number of aryl methyl sites for hydroxylation is 1. The highest BCUT2D eigenvalue weighted by Crippen LogP contribution is 2.38. The predicted octanol–water partition coefficient (Wildman–Crippen LogP) is 5.18. The molecule has 1 aliphatic rings. The molecule has 0 saturated heterocycles. The fourth-order valence-corrected chi connectivity index (χ4v) is 4.29. The van der Waals surface area contributed by atoms with Crippen molar-refractivity contribution in [2.45, 2.75) is 65.3 Å². The lowest BCUT2D eigenvalue weighted by Crippen LogP contribution is -2.30. The van der Waals surface area contributed by atoms with Crippen molar-refractivity contribution in [3.8, 4) is 0 Å². The van der Waals surface area contributed by atoms with E-state index in [4.69, 9.17) is 0 Å². The van der Waals surface area contributed by atoms with Crippen LogP contribution in [-0.4, -0.2) is 6.54 Å². The van der Waals surface area contributed by atoms with Crippen LogP contribution < -0.4 is 5.32 Å². The van der Waals surface area contributed by atoms with Gasteiger partial charge in [0.2, 0.25) is 0 Å². The molecule has 1 atom stereocenters. The second kappa shape index (κ2) is 7.44. The minimum absolute atomic E-state index is 0.609. The maximum atomic E-state index is 3.82. The molecule has 0 aromatic carbocycles. The standard InChI is InChI=1S/C17H29NS/c1-4-12-18-17(14-8-6-13(3)7-9-14)16-11-10-15(5-2)19-16/h10-11,13-14,17-18H,4-9,12H2,1-3H3. The van der Waals surface area contributed by atoms with Gasteiger partial charge in [0.25, 0.3) is 0 Å². The van der Waals surface area contributed by atoms with Crippen molar-refractivity contribution in [1.29, 1.82) is 0 Å². The Hall–Kier alpha value is -0.340. The first-order chi connectivity index (χ1) is 9.24. The van der Waals surface area contributed by atoms with Crippen molar-refractivity contribution < 1.29 is 0 Å². The maximum Gasteiger partial charge on any atom is 0.0443 e. The summed E-state index contributed by atoms with van der Waals surface area (Å²) in [6.45, 7) is 8.08. The average molecular weight is 279 g/mol. The minimum Gasteiger partial charge on any atom is -0.309 e. The SMILES string of the molecule is CCCNC(c1ccc(CC)s1)C1CCC(C)CC1. The molecule has 1 N–H and O–H groups in total. The summed E-state index contributed by atoms with van der Waals surface area (Å²) >= 11 is 2.02. The first-order valence-corrected chi connectivity index (χ1v) is 8.88. The van der Waals surface area contributed by atoms with Crippen LogP contribution in [0.2, 0.25) is 0 Å². The third-order valence-electron chi connectivity index (χ3n) is 4.48. The number of nitrogens with one attached hydrogen (secondary N) is 1. The molecule has 1 heterocycles. The molecule has 1 unspecified atom stereocenters. The molecule has 0 radical (unpaired) electrons. The Balaban J connectivity index is 2.06. The van der Waals surface area contributed by atoms with E-state index in [-0.39, 0.29) is 0 Å². The molecule has 1 saturated carbocycles. The lowest BCUT2D eigenvalue weighted by atomic mass is 9.79. The summed E-state index contributed by atoms with van der Waals surface area (Å²) in [5.41, 5.74) is 0. The topological polar surface area (TPSA) is 12.0 Å². The van der Waals surface area contributed by atoms with Gasteiger partial charge in [-0.3, -0.25) is 0 Å². The van der Waals surface area contributed by atoms with Gasteiger partial charge >= 0.3 is 0 Å². The van der Waals surface area contributed by atoms with E-state index in [0.717, 1.165) is 18.4 Å². The van der Waals surface area contributed by atoms with Gasteiger partial charge < -0.3 is 5.32 Å². The predicted molar refractivity (Wildman–Crippen MR) is 85.9 cm³/mol. The van der Waals surface area contributed by atoms with Gasteiger partial charge in [0.1, 0.15) is 0 Å². The van der Waals surface area contributed by atoms with Crippen molar-refractivity contribution in [2.24, 2.45) is 11.8 Å². The van der Waals surface area contributed by atoms with Crippen LogP contribution in [0.3, 0.4) is 0 Å². The number of hydrogen-bond donors (Lipinski definition) is 1. The van der Waals surface area contributed by atoms with Crippen LogP contribution in [0.1, 0.15) is 68.7 Å². The van der Waals surface area contributed by atoms with Crippen molar-refractivity contribution >= 4 is 11.3 Å². The first kappa shape index (κ1) is 15.1. The van der Waals surface area contributed by atoms with E-state index < -0.39 is 0 Å². The van der Waals surface area contributed by atoms with E-state index in [0.29, 0.717) is 6.04 Å². The normalized spacial score (nSPS) is 25.4. The van der Waals surface area contributed by atoms with Crippen LogP contribution >= 0.6 is 11.3 Å².